The molecule has 0 aliphatic carbocycles. The second-order valence-corrected chi connectivity index (χ2v) is 8.35. The molecule has 0 N–H and O–H groups in total. The summed E-state index contributed by atoms with van der Waals surface area (Å²) in [4.78, 5) is 12.1. The fourth-order valence-corrected chi connectivity index (χ4v) is 4.75. The summed E-state index contributed by atoms with van der Waals surface area (Å²) in [7, 11) is -2.65. The molecule has 0 radical (unpaired) electrons. The molecule has 2 aromatic rings. The smallest absolute Gasteiger partial charge is 0.342 e. The van der Waals surface area contributed by atoms with Gasteiger partial charge in [0, 0.05) is 24.3 Å². The molecule has 0 spiro atoms. The monoisotopic (exact) mass is 397 g/mol. The van der Waals surface area contributed by atoms with E-state index in [9.17, 15) is 13.2 Å². The van der Waals surface area contributed by atoms with Gasteiger partial charge < -0.3 is 4.74 Å². The molecule has 1 fully saturated rings. The van der Waals surface area contributed by atoms with E-state index in [0.717, 1.165) is 24.8 Å². The number of nitrogens with zero attached hydrogens (tertiary/aromatic N) is 3. The zero-order chi connectivity index (χ0) is 18.7. The second-order valence-electron chi connectivity index (χ2n) is 6.09. The third-order valence-corrected chi connectivity index (χ3v) is 6.53. The van der Waals surface area contributed by atoms with E-state index in [-0.39, 0.29) is 17.1 Å². The molecule has 2 heterocycles. The van der Waals surface area contributed by atoms with Crippen molar-refractivity contribution < 1.29 is 17.9 Å². The molecule has 3 rings (SSSR count). The summed E-state index contributed by atoms with van der Waals surface area (Å²) in [5, 5.41) is 4.47. The van der Waals surface area contributed by atoms with Crippen LogP contribution in [0.15, 0.2) is 35.5 Å². The largest absolute Gasteiger partial charge is 0.465 e. The van der Waals surface area contributed by atoms with Gasteiger partial charge in [-0.2, -0.15) is 9.40 Å². The average Bonchev–Trinajstić information content (AvgIpc) is 3.08. The highest BCUT2D eigenvalue weighted by molar-refractivity contribution is 7.89. The van der Waals surface area contributed by atoms with E-state index in [4.69, 9.17) is 16.3 Å². The molecule has 0 atom stereocenters. The molecule has 26 heavy (non-hydrogen) atoms. The van der Waals surface area contributed by atoms with Crippen LogP contribution in [0.1, 0.15) is 35.2 Å². The summed E-state index contributed by atoms with van der Waals surface area (Å²) < 4.78 is 33.5. The van der Waals surface area contributed by atoms with Crippen molar-refractivity contribution in [3.8, 4) is 0 Å². The van der Waals surface area contributed by atoms with E-state index in [1.165, 1.54) is 22.3 Å². The topological polar surface area (TPSA) is 81.5 Å². The molecular formula is C17H20ClN3O4S. The minimum Gasteiger partial charge on any atom is -0.465 e. The van der Waals surface area contributed by atoms with Gasteiger partial charge in [0.25, 0.3) is 10.0 Å². The van der Waals surface area contributed by atoms with E-state index in [0.29, 0.717) is 18.1 Å². The second kappa shape index (κ2) is 7.77. The molecule has 1 aliphatic heterocycles. The van der Waals surface area contributed by atoms with Crippen molar-refractivity contribution in [1.82, 2.24) is 14.1 Å². The number of carbonyl (C=O) groups excluding carboxylic acids is 1. The summed E-state index contributed by atoms with van der Waals surface area (Å²) >= 11 is 6.16. The predicted octanol–water partition coefficient (Wildman–Crippen LogP) is 2.55. The molecule has 1 aromatic carbocycles. The Morgan fingerprint density at radius 3 is 2.58 bits per heavy atom. The van der Waals surface area contributed by atoms with Gasteiger partial charge in [0.05, 0.1) is 13.7 Å². The number of methoxy groups -OCH3 is 1. The number of piperidine rings is 1. The number of esters is 1. The van der Waals surface area contributed by atoms with Crippen molar-refractivity contribution >= 4 is 27.6 Å². The third-order valence-electron chi connectivity index (χ3n) is 4.32. The minimum absolute atomic E-state index is 0.0647. The molecule has 7 nitrogen and oxygen atoms in total. The van der Waals surface area contributed by atoms with Crippen LogP contribution in [0.2, 0.25) is 5.02 Å². The Morgan fingerprint density at radius 1 is 1.23 bits per heavy atom. The highest BCUT2D eigenvalue weighted by atomic mass is 35.5. The Kier molecular flexibility index (Phi) is 5.64. The summed E-state index contributed by atoms with van der Waals surface area (Å²) in [5.74, 6) is -0.731. The molecule has 140 valence electrons. The van der Waals surface area contributed by atoms with E-state index < -0.39 is 16.0 Å². The number of halogens is 1. The zero-order valence-corrected chi connectivity index (χ0v) is 16.0. The fraction of sp³-hybridized carbons (Fsp3) is 0.412. The van der Waals surface area contributed by atoms with Crippen LogP contribution in [0, 0.1) is 0 Å². The molecule has 0 amide bonds. The molecule has 1 aliphatic rings. The number of hydrogen-bond donors (Lipinski definition) is 0. The van der Waals surface area contributed by atoms with Crippen LogP contribution in [0.25, 0.3) is 0 Å². The predicted molar refractivity (Wildman–Crippen MR) is 96.7 cm³/mol. The van der Waals surface area contributed by atoms with Gasteiger partial charge in [-0.3, -0.25) is 4.68 Å². The molecule has 0 unspecified atom stereocenters. The summed E-state index contributed by atoms with van der Waals surface area (Å²) in [6, 6.07) is 7.20. The van der Waals surface area contributed by atoms with Gasteiger partial charge in [-0.1, -0.05) is 36.2 Å². The Labute approximate surface area is 157 Å². The van der Waals surface area contributed by atoms with Crippen LogP contribution in [0.4, 0.5) is 0 Å². The maximum atomic E-state index is 13.0. The van der Waals surface area contributed by atoms with Gasteiger partial charge in [0.15, 0.2) is 0 Å². The van der Waals surface area contributed by atoms with Gasteiger partial charge in [0.2, 0.25) is 5.03 Å². The van der Waals surface area contributed by atoms with E-state index in [2.05, 4.69) is 5.10 Å². The minimum atomic E-state index is -3.86. The highest BCUT2D eigenvalue weighted by Gasteiger charge is 2.33. The summed E-state index contributed by atoms with van der Waals surface area (Å²) in [6.45, 7) is 1.11. The van der Waals surface area contributed by atoms with Gasteiger partial charge in [0.1, 0.15) is 5.56 Å². The summed E-state index contributed by atoms with van der Waals surface area (Å²) in [5.41, 5.74) is 0.708. The lowest BCUT2D eigenvalue weighted by Crippen LogP contribution is -2.36. The van der Waals surface area contributed by atoms with Gasteiger partial charge >= 0.3 is 5.97 Å². The van der Waals surface area contributed by atoms with Gasteiger partial charge in [-0.05, 0) is 24.5 Å². The average molecular weight is 398 g/mol. The zero-order valence-electron chi connectivity index (χ0n) is 14.4. The van der Waals surface area contributed by atoms with Crippen LogP contribution in [0.5, 0.6) is 0 Å². The van der Waals surface area contributed by atoms with Gasteiger partial charge in [-0.25, -0.2) is 13.2 Å². The molecule has 0 saturated carbocycles. The normalized spacial score (nSPS) is 15.8. The molecule has 1 saturated heterocycles. The first-order valence-electron chi connectivity index (χ1n) is 8.33. The van der Waals surface area contributed by atoms with Crippen LogP contribution in [-0.4, -0.2) is 48.7 Å². The standard InChI is InChI=1S/C17H20ClN3O4S/c1-25-17(22)14-12-20(11-13-7-3-4-8-15(13)18)19-16(14)26(23,24)21-9-5-2-6-10-21/h3-4,7-8,12H,2,5-6,9-11H2,1H3. The SMILES string of the molecule is COC(=O)c1cn(Cc2ccccc2Cl)nc1S(=O)(=O)N1CCCCC1. The lowest BCUT2D eigenvalue weighted by atomic mass is 10.2. The number of rotatable bonds is 5. The van der Waals surface area contributed by atoms with Crippen LogP contribution in [-0.2, 0) is 21.3 Å². The first-order valence-corrected chi connectivity index (χ1v) is 10.1. The van der Waals surface area contributed by atoms with Crippen LogP contribution < -0.4 is 0 Å². The molecule has 1 aromatic heterocycles. The Morgan fingerprint density at radius 2 is 1.92 bits per heavy atom. The number of hydrogen-bond acceptors (Lipinski definition) is 5. The fourth-order valence-electron chi connectivity index (χ4n) is 2.95. The van der Waals surface area contributed by atoms with Crippen LogP contribution >= 0.6 is 11.6 Å². The quantitative estimate of drug-likeness (QED) is 0.724. The number of aromatic nitrogens is 2. The van der Waals surface area contributed by atoms with Crippen molar-refractivity contribution in [1.29, 1.82) is 0 Å². The number of benzene rings is 1. The van der Waals surface area contributed by atoms with Crippen molar-refractivity contribution in [3.63, 3.8) is 0 Å². The van der Waals surface area contributed by atoms with E-state index >= 15 is 0 Å². The van der Waals surface area contributed by atoms with Gasteiger partial charge in [-0.15, -0.1) is 0 Å². The Bertz CT molecular complexity index is 904. The van der Waals surface area contributed by atoms with Crippen molar-refractivity contribution in [3.05, 3.63) is 46.6 Å². The van der Waals surface area contributed by atoms with Crippen LogP contribution in [0.3, 0.4) is 0 Å². The number of ether oxygens (including phenoxy) is 1. The maximum absolute atomic E-state index is 13.0. The molecule has 9 heteroatoms. The Balaban J connectivity index is 1.99. The Hall–Kier alpha value is -1.90. The summed E-state index contributed by atoms with van der Waals surface area (Å²) in [6.07, 6.45) is 3.99. The lowest BCUT2D eigenvalue weighted by molar-refractivity contribution is 0.0596. The van der Waals surface area contributed by atoms with Crippen molar-refractivity contribution in [2.24, 2.45) is 0 Å². The number of carbonyl (C=O) groups is 1. The highest BCUT2D eigenvalue weighted by Crippen LogP contribution is 2.24. The third kappa shape index (κ3) is 3.77. The molecular weight excluding hydrogens is 378 g/mol. The number of sulfonamides is 1. The van der Waals surface area contributed by atoms with Crippen molar-refractivity contribution in [2.75, 3.05) is 20.2 Å². The maximum Gasteiger partial charge on any atom is 0.342 e. The van der Waals surface area contributed by atoms with Crippen molar-refractivity contribution in [2.45, 2.75) is 30.8 Å². The lowest BCUT2D eigenvalue weighted by Gasteiger charge is -2.25. The first kappa shape index (κ1) is 18.9. The first-order chi connectivity index (χ1) is 12.4. The molecule has 0 bridgehead atoms. The van der Waals surface area contributed by atoms with E-state index in [1.54, 1.807) is 12.1 Å². The van der Waals surface area contributed by atoms with E-state index in [1.807, 2.05) is 12.1 Å².